The number of carbonyl (C=O) groups is 2. The lowest BCUT2D eigenvalue weighted by molar-refractivity contribution is -0.203. The Hall–Kier alpha value is -1.51. The Labute approximate surface area is 108 Å². The molecule has 1 atom stereocenters. The highest BCUT2D eigenvalue weighted by molar-refractivity contribution is 5.86. The Bertz CT molecular complexity index is 322. The first-order valence-corrected chi connectivity index (χ1v) is 5.50. The molecule has 112 valence electrons. The zero-order chi connectivity index (χ0) is 15.1. The smallest absolute Gasteiger partial charge is 0.422 e. The lowest BCUT2D eigenvalue weighted by Gasteiger charge is -2.28. The van der Waals surface area contributed by atoms with E-state index in [4.69, 9.17) is 9.84 Å². The van der Waals surface area contributed by atoms with Gasteiger partial charge >= 0.3 is 18.2 Å². The van der Waals surface area contributed by atoms with Gasteiger partial charge in [0.15, 0.2) is 0 Å². The fourth-order valence-electron chi connectivity index (χ4n) is 1.09. The van der Waals surface area contributed by atoms with Gasteiger partial charge in [0.1, 0.15) is 0 Å². The molecule has 1 unspecified atom stereocenters. The van der Waals surface area contributed by atoms with Crippen molar-refractivity contribution >= 4 is 12.0 Å². The van der Waals surface area contributed by atoms with Gasteiger partial charge in [-0.3, -0.25) is 0 Å². The van der Waals surface area contributed by atoms with Crippen molar-refractivity contribution in [2.24, 2.45) is 0 Å². The Kier molecular flexibility index (Phi) is 6.60. The normalized spacial score (nSPS) is 14.6. The number of carboxylic acids is 1. The summed E-state index contributed by atoms with van der Waals surface area (Å²) in [5.41, 5.74) is -3.32. The number of unbranched alkanes of at least 4 members (excludes halogenated alkanes) is 1. The Morgan fingerprint density at radius 3 is 2.26 bits per heavy atom. The highest BCUT2D eigenvalue weighted by atomic mass is 19.4. The molecule has 9 heteroatoms. The third-order valence-corrected chi connectivity index (χ3v) is 2.42. The molecule has 0 saturated heterocycles. The molecule has 0 aromatic rings. The topological polar surface area (TPSA) is 87.7 Å². The van der Waals surface area contributed by atoms with Crippen molar-refractivity contribution < 1.29 is 32.6 Å². The number of aliphatic carboxylic acids is 1. The first kappa shape index (κ1) is 17.5. The maximum absolute atomic E-state index is 12.6. The molecule has 0 aliphatic carbocycles. The number of amides is 2. The minimum Gasteiger partial charge on any atom is -0.479 e. The number of hydrogen-bond acceptors (Lipinski definition) is 3. The quantitative estimate of drug-likeness (QED) is 0.612. The third-order valence-electron chi connectivity index (χ3n) is 2.42. The van der Waals surface area contributed by atoms with Crippen molar-refractivity contribution in [2.45, 2.75) is 31.5 Å². The van der Waals surface area contributed by atoms with E-state index in [9.17, 15) is 22.8 Å². The second kappa shape index (κ2) is 7.17. The Balaban J connectivity index is 4.32. The molecule has 0 aromatic carbocycles. The van der Waals surface area contributed by atoms with E-state index in [1.54, 1.807) is 0 Å². The van der Waals surface area contributed by atoms with Crippen LogP contribution in [0.1, 0.15) is 19.8 Å². The molecule has 6 nitrogen and oxygen atoms in total. The summed E-state index contributed by atoms with van der Waals surface area (Å²) in [7, 11) is 1.50. The number of nitrogens with one attached hydrogen (secondary N) is 2. The monoisotopic (exact) mass is 286 g/mol. The van der Waals surface area contributed by atoms with Crippen molar-refractivity contribution in [3.05, 3.63) is 0 Å². The molecule has 0 rings (SSSR count). The number of halogens is 3. The fraction of sp³-hybridized carbons (Fsp3) is 0.800. The van der Waals surface area contributed by atoms with Gasteiger partial charge < -0.3 is 20.5 Å². The second-order valence-electron chi connectivity index (χ2n) is 4.01. The van der Waals surface area contributed by atoms with E-state index in [0.29, 0.717) is 26.4 Å². The predicted molar refractivity (Wildman–Crippen MR) is 59.7 cm³/mol. The van der Waals surface area contributed by atoms with E-state index in [1.165, 1.54) is 12.4 Å². The van der Waals surface area contributed by atoms with Gasteiger partial charge in [0, 0.05) is 20.3 Å². The van der Waals surface area contributed by atoms with E-state index in [2.05, 4.69) is 5.32 Å². The SMILES string of the molecule is COCCCCNC(=O)NC(C)(C(=O)O)C(F)(F)F. The lowest BCUT2D eigenvalue weighted by atomic mass is 10.0. The van der Waals surface area contributed by atoms with Gasteiger partial charge in [0.25, 0.3) is 0 Å². The van der Waals surface area contributed by atoms with Crippen LogP contribution in [0.2, 0.25) is 0 Å². The summed E-state index contributed by atoms with van der Waals surface area (Å²) in [6.07, 6.45) is -3.95. The molecular weight excluding hydrogens is 269 g/mol. The zero-order valence-corrected chi connectivity index (χ0v) is 10.6. The van der Waals surface area contributed by atoms with Crippen LogP contribution in [-0.4, -0.2) is 49.1 Å². The van der Waals surface area contributed by atoms with Crippen molar-refractivity contribution in [1.82, 2.24) is 10.6 Å². The largest absolute Gasteiger partial charge is 0.479 e. The molecule has 0 fully saturated rings. The van der Waals surface area contributed by atoms with E-state index in [0.717, 1.165) is 0 Å². The first-order valence-electron chi connectivity index (χ1n) is 5.50. The molecule has 19 heavy (non-hydrogen) atoms. The zero-order valence-electron chi connectivity index (χ0n) is 10.6. The van der Waals surface area contributed by atoms with Crippen molar-refractivity contribution in [2.75, 3.05) is 20.3 Å². The number of carboxylic acid groups (broad SMARTS) is 1. The molecule has 0 radical (unpaired) electrons. The van der Waals surface area contributed by atoms with Crippen LogP contribution in [0.15, 0.2) is 0 Å². The molecular formula is C10H17F3N2O4. The van der Waals surface area contributed by atoms with Crippen LogP contribution in [0.25, 0.3) is 0 Å². The summed E-state index contributed by atoms with van der Waals surface area (Å²) in [6.45, 7) is 0.987. The summed E-state index contributed by atoms with van der Waals surface area (Å²) in [5, 5.41) is 12.2. The maximum atomic E-state index is 12.6. The van der Waals surface area contributed by atoms with Crippen molar-refractivity contribution in [3.63, 3.8) is 0 Å². The third kappa shape index (κ3) is 5.33. The summed E-state index contributed by atoms with van der Waals surface area (Å²) >= 11 is 0. The molecule has 0 saturated carbocycles. The van der Waals surface area contributed by atoms with Gasteiger partial charge in [-0.1, -0.05) is 0 Å². The van der Waals surface area contributed by atoms with Gasteiger partial charge in [-0.25, -0.2) is 9.59 Å². The van der Waals surface area contributed by atoms with Crippen LogP contribution in [0.4, 0.5) is 18.0 Å². The van der Waals surface area contributed by atoms with E-state index in [-0.39, 0.29) is 6.54 Å². The molecule has 0 heterocycles. The van der Waals surface area contributed by atoms with Gasteiger partial charge in [-0.15, -0.1) is 0 Å². The fourth-order valence-corrected chi connectivity index (χ4v) is 1.09. The summed E-state index contributed by atoms with van der Waals surface area (Å²) in [4.78, 5) is 21.9. The van der Waals surface area contributed by atoms with Gasteiger partial charge in [-0.05, 0) is 19.8 Å². The van der Waals surface area contributed by atoms with E-state index >= 15 is 0 Å². The molecule has 2 amide bonds. The summed E-state index contributed by atoms with van der Waals surface area (Å²) in [6, 6.07) is -1.18. The van der Waals surface area contributed by atoms with Crippen LogP contribution in [0, 0.1) is 0 Å². The standard InChI is InChI=1S/C10H17F3N2O4/c1-9(7(16)17,10(11,12)13)15-8(18)14-5-3-4-6-19-2/h3-6H2,1-2H3,(H,16,17)(H2,14,15,18). The minimum absolute atomic E-state index is 0.128. The van der Waals surface area contributed by atoms with Crippen LogP contribution in [-0.2, 0) is 9.53 Å². The number of alkyl halides is 3. The first-order chi connectivity index (χ1) is 8.65. The van der Waals surface area contributed by atoms with Gasteiger partial charge in [-0.2, -0.15) is 13.2 Å². The van der Waals surface area contributed by atoms with Crippen LogP contribution < -0.4 is 10.6 Å². The van der Waals surface area contributed by atoms with Crippen LogP contribution in [0.3, 0.4) is 0 Å². The van der Waals surface area contributed by atoms with E-state index < -0.39 is 23.7 Å². The number of hydrogen-bond donors (Lipinski definition) is 3. The molecule has 0 bridgehead atoms. The number of carbonyl (C=O) groups excluding carboxylic acids is 1. The molecule has 3 N–H and O–H groups in total. The minimum atomic E-state index is -5.09. The summed E-state index contributed by atoms with van der Waals surface area (Å²) in [5.74, 6) is -2.17. The average Bonchev–Trinajstić information content (AvgIpc) is 2.26. The Morgan fingerprint density at radius 2 is 1.84 bits per heavy atom. The molecule has 0 spiro atoms. The van der Waals surface area contributed by atoms with Crippen LogP contribution in [0.5, 0.6) is 0 Å². The second-order valence-corrected chi connectivity index (χ2v) is 4.01. The van der Waals surface area contributed by atoms with Crippen molar-refractivity contribution in [1.29, 1.82) is 0 Å². The van der Waals surface area contributed by atoms with Crippen LogP contribution >= 0.6 is 0 Å². The van der Waals surface area contributed by atoms with Gasteiger partial charge in [0.05, 0.1) is 0 Å². The predicted octanol–water partition coefficient (Wildman–Crippen LogP) is 1.12. The number of ether oxygens (including phenoxy) is 1. The molecule has 0 aliphatic rings. The van der Waals surface area contributed by atoms with Crippen molar-refractivity contribution in [3.8, 4) is 0 Å². The lowest BCUT2D eigenvalue weighted by Crippen LogP contribution is -2.63. The average molecular weight is 286 g/mol. The highest BCUT2D eigenvalue weighted by Gasteiger charge is 2.58. The molecule has 0 aliphatic heterocycles. The molecule has 0 aromatic heterocycles. The number of urea groups is 1. The number of methoxy groups -OCH3 is 1. The summed E-state index contributed by atoms with van der Waals surface area (Å²) < 4.78 is 42.4. The van der Waals surface area contributed by atoms with Gasteiger partial charge in [0.2, 0.25) is 5.54 Å². The number of rotatable bonds is 7. The van der Waals surface area contributed by atoms with E-state index in [1.807, 2.05) is 0 Å². The maximum Gasteiger partial charge on any atom is 0.422 e. The highest BCUT2D eigenvalue weighted by Crippen LogP contribution is 2.30. The Morgan fingerprint density at radius 1 is 1.26 bits per heavy atom.